The van der Waals surface area contributed by atoms with Crippen molar-refractivity contribution in [2.45, 2.75) is 6.42 Å². The smallest absolute Gasteiger partial charge is 0.0590 e. The Labute approximate surface area is 86.6 Å². The lowest BCUT2D eigenvalue weighted by atomic mass is 10.4. The summed E-state index contributed by atoms with van der Waals surface area (Å²) < 4.78 is 5.94. The SMILES string of the molecule is COCCCNc1ccncc1Br. The van der Waals surface area contributed by atoms with E-state index in [0.717, 1.165) is 29.7 Å². The van der Waals surface area contributed by atoms with Crippen LogP contribution in [0, 0.1) is 0 Å². The molecule has 0 aliphatic carbocycles. The number of pyridine rings is 1. The molecule has 0 aliphatic rings. The molecule has 1 rings (SSSR count). The van der Waals surface area contributed by atoms with Gasteiger partial charge in [-0.05, 0) is 28.4 Å². The summed E-state index contributed by atoms with van der Waals surface area (Å²) in [6, 6.07) is 1.94. The summed E-state index contributed by atoms with van der Waals surface area (Å²) in [7, 11) is 1.71. The van der Waals surface area contributed by atoms with Crippen molar-refractivity contribution in [3.63, 3.8) is 0 Å². The third-order valence-corrected chi connectivity index (χ3v) is 2.25. The van der Waals surface area contributed by atoms with Gasteiger partial charge in [-0.25, -0.2) is 0 Å². The van der Waals surface area contributed by atoms with E-state index in [1.54, 1.807) is 19.5 Å². The number of anilines is 1. The standard InChI is InChI=1S/C9H13BrN2O/c1-13-6-2-4-12-9-3-5-11-7-8(9)10/h3,5,7H,2,4,6H2,1H3,(H,11,12). The highest BCUT2D eigenvalue weighted by atomic mass is 79.9. The summed E-state index contributed by atoms with van der Waals surface area (Å²) in [4.78, 5) is 3.98. The molecular weight excluding hydrogens is 232 g/mol. The zero-order chi connectivity index (χ0) is 9.52. The quantitative estimate of drug-likeness (QED) is 0.808. The first-order valence-corrected chi connectivity index (χ1v) is 4.96. The number of hydrogen-bond acceptors (Lipinski definition) is 3. The van der Waals surface area contributed by atoms with Crippen LogP contribution in [0.1, 0.15) is 6.42 Å². The van der Waals surface area contributed by atoms with Gasteiger partial charge in [-0.1, -0.05) is 0 Å². The summed E-state index contributed by atoms with van der Waals surface area (Å²) in [5, 5.41) is 3.28. The lowest BCUT2D eigenvalue weighted by molar-refractivity contribution is 0.198. The van der Waals surface area contributed by atoms with Gasteiger partial charge in [0.15, 0.2) is 0 Å². The van der Waals surface area contributed by atoms with Gasteiger partial charge in [0.05, 0.1) is 10.2 Å². The first-order chi connectivity index (χ1) is 6.34. The zero-order valence-electron chi connectivity index (χ0n) is 7.59. The predicted molar refractivity (Wildman–Crippen MR) is 56.9 cm³/mol. The Morgan fingerprint density at radius 3 is 3.15 bits per heavy atom. The van der Waals surface area contributed by atoms with E-state index in [1.165, 1.54) is 0 Å². The topological polar surface area (TPSA) is 34.1 Å². The van der Waals surface area contributed by atoms with Gasteiger partial charge in [-0.15, -0.1) is 0 Å². The monoisotopic (exact) mass is 244 g/mol. The second-order valence-corrected chi connectivity index (χ2v) is 3.48. The number of methoxy groups -OCH3 is 1. The molecule has 0 bridgehead atoms. The van der Waals surface area contributed by atoms with Gasteiger partial charge in [-0.3, -0.25) is 4.98 Å². The van der Waals surface area contributed by atoms with E-state index in [2.05, 4.69) is 26.2 Å². The van der Waals surface area contributed by atoms with Crippen LogP contribution in [-0.2, 0) is 4.74 Å². The molecule has 0 saturated heterocycles. The van der Waals surface area contributed by atoms with E-state index in [-0.39, 0.29) is 0 Å². The Morgan fingerprint density at radius 2 is 2.46 bits per heavy atom. The number of rotatable bonds is 5. The molecule has 0 aromatic carbocycles. The van der Waals surface area contributed by atoms with Crippen molar-refractivity contribution in [1.29, 1.82) is 0 Å². The van der Waals surface area contributed by atoms with Crippen LogP contribution in [0.4, 0.5) is 5.69 Å². The third kappa shape index (κ3) is 3.74. The van der Waals surface area contributed by atoms with Crippen LogP contribution >= 0.6 is 15.9 Å². The molecule has 1 aromatic rings. The summed E-state index contributed by atoms with van der Waals surface area (Å²) >= 11 is 3.41. The first kappa shape index (κ1) is 10.5. The maximum Gasteiger partial charge on any atom is 0.0590 e. The molecule has 0 fully saturated rings. The second kappa shape index (κ2) is 5.94. The molecule has 0 amide bonds. The number of nitrogens with zero attached hydrogens (tertiary/aromatic N) is 1. The van der Waals surface area contributed by atoms with Crippen LogP contribution in [0.2, 0.25) is 0 Å². The molecule has 0 saturated carbocycles. The van der Waals surface area contributed by atoms with Gasteiger partial charge in [0.25, 0.3) is 0 Å². The van der Waals surface area contributed by atoms with E-state index in [4.69, 9.17) is 4.74 Å². The van der Waals surface area contributed by atoms with Crippen molar-refractivity contribution >= 4 is 21.6 Å². The van der Waals surface area contributed by atoms with Crippen LogP contribution in [0.3, 0.4) is 0 Å². The molecule has 0 radical (unpaired) electrons. The third-order valence-electron chi connectivity index (χ3n) is 1.61. The second-order valence-electron chi connectivity index (χ2n) is 2.63. The van der Waals surface area contributed by atoms with Gasteiger partial charge in [0, 0.05) is 32.7 Å². The average molecular weight is 245 g/mol. The van der Waals surface area contributed by atoms with Gasteiger partial charge in [-0.2, -0.15) is 0 Å². The van der Waals surface area contributed by atoms with Crippen LogP contribution in [0.25, 0.3) is 0 Å². The maximum atomic E-state index is 4.95. The van der Waals surface area contributed by atoms with Crippen molar-refractivity contribution < 1.29 is 4.74 Å². The average Bonchev–Trinajstić information content (AvgIpc) is 2.15. The molecule has 13 heavy (non-hydrogen) atoms. The van der Waals surface area contributed by atoms with Crippen molar-refractivity contribution in [2.24, 2.45) is 0 Å². The number of ether oxygens (including phenoxy) is 1. The molecule has 72 valence electrons. The zero-order valence-corrected chi connectivity index (χ0v) is 9.17. The molecule has 1 aromatic heterocycles. The summed E-state index contributed by atoms with van der Waals surface area (Å²) in [6.07, 6.45) is 4.55. The predicted octanol–water partition coefficient (Wildman–Crippen LogP) is 2.29. The molecule has 0 aliphatic heterocycles. The van der Waals surface area contributed by atoms with E-state index >= 15 is 0 Å². The largest absolute Gasteiger partial charge is 0.385 e. The Balaban J connectivity index is 2.32. The number of aromatic nitrogens is 1. The lowest BCUT2D eigenvalue weighted by Gasteiger charge is -2.06. The van der Waals surface area contributed by atoms with E-state index in [9.17, 15) is 0 Å². The van der Waals surface area contributed by atoms with Crippen molar-refractivity contribution in [1.82, 2.24) is 4.98 Å². The minimum atomic E-state index is 0.787. The Morgan fingerprint density at radius 1 is 1.62 bits per heavy atom. The number of hydrogen-bond donors (Lipinski definition) is 1. The fraction of sp³-hybridized carbons (Fsp3) is 0.444. The van der Waals surface area contributed by atoms with Crippen LogP contribution in [0.5, 0.6) is 0 Å². The molecule has 0 spiro atoms. The first-order valence-electron chi connectivity index (χ1n) is 4.17. The molecule has 4 heteroatoms. The Kier molecular flexibility index (Phi) is 4.78. The van der Waals surface area contributed by atoms with Crippen molar-refractivity contribution in [3.05, 3.63) is 22.9 Å². The van der Waals surface area contributed by atoms with Crippen LogP contribution in [0.15, 0.2) is 22.9 Å². The van der Waals surface area contributed by atoms with E-state index in [0.29, 0.717) is 0 Å². The van der Waals surface area contributed by atoms with E-state index in [1.807, 2.05) is 6.07 Å². The number of nitrogens with one attached hydrogen (secondary N) is 1. The molecule has 1 N–H and O–H groups in total. The molecule has 0 unspecified atom stereocenters. The summed E-state index contributed by atoms with van der Waals surface area (Å²) in [5.41, 5.74) is 1.08. The summed E-state index contributed by atoms with van der Waals surface area (Å²) in [5.74, 6) is 0. The van der Waals surface area contributed by atoms with Crippen molar-refractivity contribution in [3.8, 4) is 0 Å². The molecule has 3 nitrogen and oxygen atoms in total. The fourth-order valence-corrected chi connectivity index (χ4v) is 1.35. The Hall–Kier alpha value is -0.610. The highest BCUT2D eigenvalue weighted by molar-refractivity contribution is 9.10. The van der Waals surface area contributed by atoms with Crippen molar-refractivity contribution in [2.75, 3.05) is 25.6 Å². The highest BCUT2D eigenvalue weighted by Crippen LogP contribution is 2.19. The van der Waals surface area contributed by atoms with Crippen LogP contribution in [-0.4, -0.2) is 25.2 Å². The van der Waals surface area contributed by atoms with Gasteiger partial charge >= 0.3 is 0 Å². The molecular formula is C9H13BrN2O. The highest BCUT2D eigenvalue weighted by Gasteiger charge is 1.96. The normalized spacial score (nSPS) is 10.0. The van der Waals surface area contributed by atoms with Crippen LogP contribution < -0.4 is 5.32 Å². The van der Waals surface area contributed by atoms with Gasteiger partial charge in [0.2, 0.25) is 0 Å². The lowest BCUT2D eigenvalue weighted by Crippen LogP contribution is -2.04. The number of halogens is 1. The maximum absolute atomic E-state index is 4.95. The molecule has 1 heterocycles. The summed E-state index contributed by atoms with van der Waals surface area (Å²) in [6.45, 7) is 1.70. The molecule has 0 atom stereocenters. The fourth-order valence-electron chi connectivity index (χ4n) is 0.958. The minimum absolute atomic E-state index is 0.787. The van der Waals surface area contributed by atoms with Gasteiger partial charge in [0.1, 0.15) is 0 Å². The Bertz CT molecular complexity index is 255. The van der Waals surface area contributed by atoms with Gasteiger partial charge < -0.3 is 10.1 Å². The van der Waals surface area contributed by atoms with E-state index < -0.39 is 0 Å². The minimum Gasteiger partial charge on any atom is -0.385 e.